The third kappa shape index (κ3) is 2.15. The molecule has 2 heteroatoms. The van der Waals surface area contributed by atoms with Crippen molar-refractivity contribution < 1.29 is 0 Å². The molecule has 2 rings (SSSR count). The summed E-state index contributed by atoms with van der Waals surface area (Å²) in [5.41, 5.74) is 9.63. The average molecular weight is 204 g/mol. The summed E-state index contributed by atoms with van der Waals surface area (Å²) in [7, 11) is 0. The normalized spacial score (nSPS) is 21.1. The first-order valence-corrected chi connectivity index (χ1v) is 5.81. The largest absolute Gasteiger partial charge is 0.398 e. The molecule has 1 saturated heterocycles. The number of hydrogen-bond donors (Lipinski definition) is 2. The molecule has 1 aliphatic rings. The third-order valence-corrected chi connectivity index (χ3v) is 3.21. The number of nitrogens with one attached hydrogen (secondary N) is 1. The van der Waals surface area contributed by atoms with Crippen molar-refractivity contribution in [2.24, 2.45) is 0 Å². The molecule has 1 aromatic rings. The SMILES string of the molecule is CC(C)c1ccc(N)c([C@H]2CCCN2)c1. The third-order valence-electron chi connectivity index (χ3n) is 3.21. The number of anilines is 1. The van der Waals surface area contributed by atoms with Crippen molar-refractivity contribution in [1.82, 2.24) is 5.32 Å². The van der Waals surface area contributed by atoms with Crippen LogP contribution in [0.5, 0.6) is 0 Å². The van der Waals surface area contributed by atoms with Gasteiger partial charge >= 0.3 is 0 Å². The second kappa shape index (κ2) is 4.23. The molecule has 2 nitrogen and oxygen atoms in total. The maximum atomic E-state index is 6.03. The lowest BCUT2D eigenvalue weighted by molar-refractivity contribution is 0.648. The van der Waals surface area contributed by atoms with Crippen LogP contribution < -0.4 is 11.1 Å². The summed E-state index contributed by atoms with van der Waals surface area (Å²) in [6.07, 6.45) is 2.47. The Morgan fingerprint density at radius 3 is 2.80 bits per heavy atom. The Bertz CT molecular complexity index is 338. The number of nitrogen functional groups attached to an aromatic ring is 1. The van der Waals surface area contributed by atoms with E-state index in [0.717, 1.165) is 12.2 Å². The fourth-order valence-electron chi connectivity index (χ4n) is 2.20. The molecule has 1 atom stereocenters. The Balaban J connectivity index is 2.31. The van der Waals surface area contributed by atoms with E-state index in [4.69, 9.17) is 5.73 Å². The minimum absolute atomic E-state index is 0.476. The second-order valence-electron chi connectivity index (χ2n) is 4.69. The molecule has 82 valence electrons. The van der Waals surface area contributed by atoms with Crippen LogP contribution in [0, 0.1) is 0 Å². The summed E-state index contributed by atoms with van der Waals surface area (Å²) in [6.45, 7) is 5.56. The van der Waals surface area contributed by atoms with Gasteiger partial charge in [0.15, 0.2) is 0 Å². The molecule has 0 spiro atoms. The molecule has 15 heavy (non-hydrogen) atoms. The van der Waals surface area contributed by atoms with Crippen LogP contribution in [0.15, 0.2) is 18.2 Å². The van der Waals surface area contributed by atoms with Crippen molar-refractivity contribution in [3.63, 3.8) is 0 Å². The van der Waals surface area contributed by atoms with Gasteiger partial charge in [0.05, 0.1) is 0 Å². The molecule has 0 unspecified atom stereocenters. The van der Waals surface area contributed by atoms with Crippen LogP contribution in [0.2, 0.25) is 0 Å². The van der Waals surface area contributed by atoms with Crippen LogP contribution in [0.1, 0.15) is 49.8 Å². The highest BCUT2D eigenvalue weighted by atomic mass is 14.9. The monoisotopic (exact) mass is 204 g/mol. The lowest BCUT2D eigenvalue weighted by Crippen LogP contribution is -2.14. The molecule has 1 fully saturated rings. The van der Waals surface area contributed by atoms with E-state index in [1.165, 1.54) is 24.0 Å². The van der Waals surface area contributed by atoms with Crippen LogP contribution in [0.3, 0.4) is 0 Å². The molecule has 1 aromatic carbocycles. The van der Waals surface area contributed by atoms with Gasteiger partial charge in [-0.2, -0.15) is 0 Å². The Morgan fingerprint density at radius 2 is 2.20 bits per heavy atom. The summed E-state index contributed by atoms with van der Waals surface area (Å²) in [4.78, 5) is 0. The van der Waals surface area contributed by atoms with E-state index in [2.05, 4.69) is 31.3 Å². The van der Waals surface area contributed by atoms with E-state index >= 15 is 0 Å². The molecule has 0 bridgehead atoms. The molecule has 0 aromatic heterocycles. The van der Waals surface area contributed by atoms with Crippen LogP contribution >= 0.6 is 0 Å². The Morgan fingerprint density at radius 1 is 1.40 bits per heavy atom. The number of benzene rings is 1. The van der Waals surface area contributed by atoms with Crippen molar-refractivity contribution >= 4 is 5.69 Å². The van der Waals surface area contributed by atoms with E-state index in [-0.39, 0.29) is 0 Å². The van der Waals surface area contributed by atoms with Gasteiger partial charge in [-0.3, -0.25) is 0 Å². The maximum Gasteiger partial charge on any atom is 0.0362 e. The Labute approximate surface area is 91.9 Å². The van der Waals surface area contributed by atoms with Crippen molar-refractivity contribution in [1.29, 1.82) is 0 Å². The van der Waals surface area contributed by atoms with Crippen molar-refractivity contribution in [2.75, 3.05) is 12.3 Å². The topological polar surface area (TPSA) is 38.0 Å². The summed E-state index contributed by atoms with van der Waals surface area (Å²) in [6, 6.07) is 6.93. The van der Waals surface area contributed by atoms with Gasteiger partial charge in [-0.25, -0.2) is 0 Å². The van der Waals surface area contributed by atoms with Crippen molar-refractivity contribution in [3.05, 3.63) is 29.3 Å². The molecule has 1 aliphatic heterocycles. The zero-order chi connectivity index (χ0) is 10.8. The lowest BCUT2D eigenvalue weighted by Gasteiger charge is -2.16. The fourth-order valence-corrected chi connectivity index (χ4v) is 2.20. The standard InChI is InChI=1S/C13H20N2/c1-9(2)10-5-6-12(14)11(8-10)13-4-3-7-15-13/h5-6,8-9,13,15H,3-4,7,14H2,1-2H3/t13-/m1/s1. The first-order valence-electron chi connectivity index (χ1n) is 5.81. The molecule has 0 amide bonds. The number of nitrogens with two attached hydrogens (primary N) is 1. The molecule has 0 radical (unpaired) electrons. The highest BCUT2D eigenvalue weighted by molar-refractivity contribution is 5.51. The maximum absolute atomic E-state index is 6.03. The molecule has 3 N–H and O–H groups in total. The zero-order valence-corrected chi connectivity index (χ0v) is 9.59. The van der Waals surface area contributed by atoms with E-state index in [9.17, 15) is 0 Å². The predicted octanol–water partition coefficient (Wildman–Crippen LogP) is 2.82. The summed E-state index contributed by atoms with van der Waals surface area (Å²) < 4.78 is 0. The molecule has 0 saturated carbocycles. The Hall–Kier alpha value is -1.02. The zero-order valence-electron chi connectivity index (χ0n) is 9.59. The van der Waals surface area contributed by atoms with Crippen LogP contribution in [0.4, 0.5) is 5.69 Å². The van der Waals surface area contributed by atoms with Gasteiger partial charge in [-0.05, 0) is 42.5 Å². The molecular formula is C13H20N2. The van der Waals surface area contributed by atoms with Crippen LogP contribution in [-0.2, 0) is 0 Å². The minimum atomic E-state index is 0.476. The van der Waals surface area contributed by atoms with E-state index in [1.54, 1.807) is 0 Å². The van der Waals surface area contributed by atoms with Crippen molar-refractivity contribution in [3.8, 4) is 0 Å². The van der Waals surface area contributed by atoms with Gasteiger partial charge in [-0.1, -0.05) is 26.0 Å². The smallest absolute Gasteiger partial charge is 0.0362 e. The summed E-state index contributed by atoms with van der Waals surface area (Å²) in [5, 5.41) is 3.50. The van der Waals surface area contributed by atoms with Gasteiger partial charge in [0.2, 0.25) is 0 Å². The molecule has 1 heterocycles. The van der Waals surface area contributed by atoms with Gasteiger partial charge in [0.1, 0.15) is 0 Å². The summed E-state index contributed by atoms with van der Waals surface area (Å²) >= 11 is 0. The van der Waals surface area contributed by atoms with Crippen molar-refractivity contribution in [2.45, 2.75) is 38.6 Å². The lowest BCUT2D eigenvalue weighted by atomic mass is 9.95. The molecular weight excluding hydrogens is 184 g/mol. The number of rotatable bonds is 2. The number of hydrogen-bond acceptors (Lipinski definition) is 2. The van der Waals surface area contributed by atoms with Gasteiger partial charge < -0.3 is 11.1 Å². The fraction of sp³-hybridized carbons (Fsp3) is 0.538. The highest BCUT2D eigenvalue weighted by Crippen LogP contribution is 2.30. The first kappa shape index (κ1) is 10.5. The quantitative estimate of drug-likeness (QED) is 0.727. The minimum Gasteiger partial charge on any atom is -0.398 e. The van der Waals surface area contributed by atoms with E-state index in [1.807, 2.05) is 6.07 Å². The second-order valence-corrected chi connectivity index (χ2v) is 4.69. The van der Waals surface area contributed by atoms with E-state index in [0.29, 0.717) is 12.0 Å². The average Bonchev–Trinajstić information content (AvgIpc) is 2.71. The summed E-state index contributed by atoms with van der Waals surface area (Å²) in [5.74, 6) is 0.575. The first-order chi connectivity index (χ1) is 7.18. The van der Waals surface area contributed by atoms with Crippen LogP contribution in [0.25, 0.3) is 0 Å². The Kier molecular flexibility index (Phi) is 2.96. The van der Waals surface area contributed by atoms with E-state index < -0.39 is 0 Å². The van der Waals surface area contributed by atoms with Gasteiger partial charge in [0, 0.05) is 11.7 Å². The molecule has 0 aliphatic carbocycles. The van der Waals surface area contributed by atoms with Gasteiger partial charge in [0.25, 0.3) is 0 Å². The highest BCUT2D eigenvalue weighted by Gasteiger charge is 2.18. The van der Waals surface area contributed by atoms with Crippen LogP contribution in [-0.4, -0.2) is 6.54 Å². The predicted molar refractivity (Wildman–Crippen MR) is 64.9 cm³/mol. The van der Waals surface area contributed by atoms with Gasteiger partial charge in [-0.15, -0.1) is 0 Å².